The van der Waals surface area contributed by atoms with Crippen LogP contribution in [0.3, 0.4) is 0 Å². The van der Waals surface area contributed by atoms with E-state index in [1.807, 2.05) is 13.8 Å². The number of hydrogen-bond donors (Lipinski definition) is 4. The third-order valence-electron chi connectivity index (χ3n) is 6.15. The number of ether oxygens (including phenoxy) is 1. The van der Waals surface area contributed by atoms with E-state index in [1.165, 1.54) is 22.3 Å². The minimum absolute atomic E-state index is 0.254. The van der Waals surface area contributed by atoms with E-state index in [0.717, 1.165) is 32.2 Å². The summed E-state index contributed by atoms with van der Waals surface area (Å²) < 4.78 is 4.79. The van der Waals surface area contributed by atoms with Crippen molar-refractivity contribution in [2.45, 2.75) is 65.1 Å². The number of aliphatic hydroxyl groups excluding tert-OH is 2. The quantitative estimate of drug-likeness (QED) is 0.399. The third-order valence-corrected chi connectivity index (χ3v) is 6.15. The fraction of sp³-hybridized carbons (Fsp3) is 0.536. The van der Waals surface area contributed by atoms with Crippen molar-refractivity contribution in [1.29, 1.82) is 0 Å². The minimum atomic E-state index is -0.479. The van der Waals surface area contributed by atoms with Crippen molar-refractivity contribution >= 4 is 5.91 Å². The number of nitrogens with one attached hydrogen (secondary N) is 1. The SMILES string of the molecule is Cc1ccccc1Cc1ccc(CCCCNCC(C)(C)C(N)=O)cc1.OC1COCC(O)C1. The van der Waals surface area contributed by atoms with Crippen molar-refractivity contribution in [2.24, 2.45) is 11.1 Å². The molecule has 1 heterocycles. The molecule has 188 valence electrons. The number of carbonyl (C=O) groups excluding carboxylic acids is 1. The second-order valence-electron chi connectivity index (χ2n) is 9.88. The van der Waals surface area contributed by atoms with Gasteiger partial charge >= 0.3 is 0 Å². The lowest BCUT2D eigenvalue weighted by molar-refractivity contribution is -0.125. The van der Waals surface area contributed by atoms with Crippen molar-refractivity contribution in [3.63, 3.8) is 0 Å². The normalized spacial score (nSPS) is 18.1. The highest BCUT2D eigenvalue weighted by molar-refractivity contribution is 5.80. The fourth-order valence-corrected chi connectivity index (χ4v) is 3.71. The molecule has 0 saturated carbocycles. The van der Waals surface area contributed by atoms with Crippen LogP contribution >= 0.6 is 0 Å². The van der Waals surface area contributed by atoms with Crippen LogP contribution < -0.4 is 11.1 Å². The summed E-state index contributed by atoms with van der Waals surface area (Å²) in [5, 5.41) is 20.9. The monoisotopic (exact) mass is 470 g/mol. The molecule has 1 fully saturated rings. The Balaban J connectivity index is 0.000000430. The lowest BCUT2D eigenvalue weighted by Gasteiger charge is -2.21. The lowest BCUT2D eigenvalue weighted by Crippen LogP contribution is -2.40. The molecule has 0 spiro atoms. The van der Waals surface area contributed by atoms with Crippen molar-refractivity contribution in [2.75, 3.05) is 26.3 Å². The molecule has 1 aliphatic heterocycles. The van der Waals surface area contributed by atoms with E-state index in [0.29, 0.717) is 26.2 Å². The molecule has 3 rings (SSSR count). The molecule has 1 amide bonds. The first-order chi connectivity index (χ1) is 16.2. The average molecular weight is 471 g/mol. The lowest BCUT2D eigenvalue weighted by atomic mass is 9.93. The topological polar surface area (TPSA) is 105 Å². The molecule has 2 aromatic rings. The Bertz CT molecular complexity index is 859. The Morgan fingerprint density at radius 3 is 2.21 bits per heavy atom. The van der Waals surface area contributed by atoms with E-state index >= 15 is 0 Å². The van der Waals surface area contributed by atoms with Crippen LogP contribution in [-0.4, -0.2) is 54.6 Å². The molecule has 2 atom stereocenters. The van der Waals surface area contributed by atoms with Crippen LogP contribution in [-0.2, 0) is 22.4 Å². The van der Waals surface area contributed by atoms with Gasteiger partial charge in [0.1, 0.15) is 0 Å². The van der Waals surface area contributed by atoms with Crippen molar-refractivity contribution in [3.8, 4) is 0 Å². The maximum atomic E-state index is 11.3. The molecule has 6 nitrogen and oxygen atoms in total. The molecular formula is C28H42N2O4. The molecule has 34 heavy (non-hydrogen) atoms. The number of primary amides is 1. The Morgan fingerprint density at radius 2 is 1.65 bits per heavy atom. The Kier molecular flexibility index (Phi) is 11.7. The summed E-state index contributed by atoms with van der Waals surface area (Å²) in [6.45, 7) is 8.22. The summed E-state index contributed by atoms with van der Waals surface area (Å²) in [7, 11) is 0. The fourth-order valence-electron chi connectivity index (χ4n) is 3.71. The van der Waals surface area contributed by atoms with Gasteiger partial charge in [-0.1, -0.05) is 48.5 Å². The highest BCUT2D eigenvalue weighted by Crippen LogP contribution is 2.15. The predicted molar refractivity (Wildman–Crippen MR) is 137 cm³/mol. The number of hydrogen-bond acceptors (Lipinski definition) is 5. The first kappa shape index (κ1) is 28.0. The largest absolute Gasteiger partial charge is 0.391 e. The van der Waals surface area contributed by atoms with Gasteiger partial charge in [0.2, 0.25) is 5.91 Å². The molecule has 0 bridgehead atoms. The van der Waals surface area contributed by atoms with Gasteiger partial charge < -0.3 is 26.0 Å². The molecule has 1 saturated heterocycles. The highest BCUT2D eigenvalue weighted by atomic mass is 16.5. The summed E-state index contributed by atoms with van der Waals surface area (Å²) in [6.07, 6.45) is 3.86. The summed E-state index contributed by atoms with van der Waals surface area (Å²) in [5.41, 5.74) is 10.4. The smallest absolute Gasteiger partial charge is 0.224 e. The number of benzene rings is 2. The zero-order chi connectivity index (χ0) is 25.0. The summed E-state index contributed by atoms with van der Waals surface area (Å²) in [5.74, 6) is -0.254. The van der Waals surface area contributed by atoms with Gasteiger partial charge in [-0.05, 0) is 75.3 Å². The van der Waals surface area contributed by atoms with E-state index in [2.05, 4.69) is 60.8 Å². The summed E-state index contributed by atoms with van der Waals surface area (Å²) in [4.78, 5) is 11.3. The van der Waals surface area contributed by atoms with Crippen molar-refractivity contribution < 1.29 is 19.7 Å². The maximum Gasteiger partial charge on any atom is 0.224 e. The van der Waals surface area contributed by atoms with Gasteiger partial charge in [0.15, 0.2) is 0 Å². The molecular weight excluding hydrogens is 428 g/mol. The maximum absolute atomic E-state index is 11.3. The van der Waals surface area contributed by atoms with Crippen LogP contribution in [0.5, 0.6) is 0 Å². The van der Waals surface area contributed by atoms with Gasteiger partial charge in [-0.2, -0.15) is 0 Å². The van der Waals surface area contributed by atoms with Crippen LogP contribution in [0.4, 0.5) is 0 Å². The number of aliphatic hydroxyl groups is 2. The average Bonchev–Trinajstić information content (AvgIpc) is 2.79. The third kappa shape index (κ3) is 10.3. The number of unbranched alkanes of at least 4 members (excludes halogenated alkanes) is 1. The zero-order valence-corrected chi connectivity index (χ0v) is 20.9. The number of amides is 1. The van der Waals surface area contributed by atoms with Gasteiger partial charge in [-0.3, -0.25) is 4.79 Å². The van der Waals surface area contributed by atoms with E-state index in [-0.39, 0.29) is 5.91 Å². The summed E-state index contributed by atoms with van der Waals surface area (Å²) >= 11 is 0. The first-order valence-corrected chi connectivity index (χ1v) is 12.2. The van der Waals surface area contributed by atoms with Gasteiger partial charge in [-0.15, -0.1) is 0 Å². The van der Waals surface area contributed by atoms with Crippen LogP contribution in [0, 0.1) is 12.3 Å². The highest BCUT2D eigenvalue weighted by Gasteiger charge is 2.23. The Labute approximate surface area is 204 Å². The molecule has 0 radical (unpaired) electrons. The van der Waals surface area contributed by atoms with Crippen LogP contribution in [0.1, 0.15) is 55.4 Å². The second-order valence-corrected chi connectivity index (χ2v) is 9.88. The molecule has 2 aromatic carbocycles. The second kappa shape index (κ2) is 14.2. The molecule has 6 heteroatoms. The van der Waals surface area contributed by atoms with Gasteiger partial charge in [0.25, 0.3) is 0 Å². The summed E-state index contributed by atoms with van der Waals surface area (Å²) in [6, 6.07) is 17.6. The minimum Gasteiger partial charge on any atom is -0.391 e. The zero-order valence-electron chi connectivity index (χ0n) is 20.9. The van der Waals surface area contributed by atoms with E-state index < -0.39 is 17.6 Å². The van der Waals surface area contributed by atoms with Crippen LogP contribution in [0.25, 0.3) is 0 Å². The predicted octanol–water partition coefficient (Wildman–Crippen LogP) is 3.14. The first-order valence-electron chi connectivity index (χ1n) is 12.2. The van der Waals surface area contributed by atoms with Gasteiger partial charge in [0, 0.05) is 13.0 Å². The standard InChI is InChI=1S/C23H32N2O.C5H10O3/c1-18-8-4-5-10-21(18)16-20-13-11-19(12-14-20)9-6-7-15-25-17-23(2,3)22(24)26;6-4-1-5(7)3-8-2-4/h4-5,8,10-14,25H,6-7,9,15-17H2,1-3H3,(H2,24,26);4-7H,1-3H2. The number of nitrogens with two attached hydrogens (primary N) is 1. The van der Waals surface area contributed by atoms with Crippen molar-refractivity contribution in [1.82, 2.24) is 5.32 Å². The van der Waals surface area contributed by atoms with Crippen molar-refractivity contribution in [3.05, 3.63) is 70.8 Å². The van der Waals surface area contributed by atoms with Gasteiger partial charge in [0.05, 0.1) is 30.8 Å². The molecule has 1 aliphatic rings. The van der Waals surface area contributed by atoms with E-state index in [1.54, 1.807) is 0 Å². The van der Waals surface area contributed by atoms with Gasteiger partial charge in [-0.25, -0.2) is 0 Å². The molecule has 0 aliphatic carbocycles. The number of carbonyl (C=O) groups is 1. The van der Waals surface area contributed by atoms with Crippen LogP contribution in [0.2, 0.25) is 0 Å². The van der Waals surface area contributed by atoms with Crippen LogP contribution in [0.15, 0.2) is 48.5 Å². The number of rotatable bonds is 10. The number of aryl methyl sites for hydroxylation is 2. The molecule has 5 N–H and O–H groups in total. The Hall–Kier alpha value is -2.25. The Morgan fingerprint density at radius 1 is 1.03 bits per heavy atom. The molecule has 2 unspecified atom stereocenters. The van der Waals surface area contributed by atoms with E-state index in [4.69, 9.17) is 20.7 Å². The molecule has 0 aromatic heterocycles. The van der Waals surface area contributed by atoms with E-state index in [9.17, 15) is 4.79 Å².